The van der Waals surface area contributed by atoms with Crippen LogP contribution in [0.15, 0.2) is 47.6 Å². The van der Waals surface area contributed by atoms with Crippen molar-refractivity contribution in [1.29, 1.82) is 0 Å². The maximum Gasteiger partial charge on any atom is 0.271 e. The third-order valence-electron chi connectivity index (χ3n) is 2.49. The molecule has 0 aliphatic heterocycles. The van der Waals surface area contributed by atoms with Crippen molar-refractivity contribution in [1.82, 2.24) is 5.43 Å². The fourth-order valence-corrected chi connectivity index (χ4v) is 1.45. The zero-order chi connectivity index (χ0) is 14.5. The summed E-state index contributed by atoms with van der Waals surface area (Å²) in [7, 11) is 0. The number of carbonyl (C=O) groups is 1. The number of phenols is 2. The molecule has 3 N–H and O–H groups in total. The number of rotatable bonds is 3. The molecule has 2 rings (SSSR count). The molecule has 0 spiro atoms. The Morgan fingerprint density at radius 3 is 2.45 bits per heavy atom. The summed E-state index contributed by atoms with van der Waals surface area (Å²) in [6, 6.07) is 9.15. The normalized spacial score (nSPS) is 10.7. The topological polar surface area (TPSA) is 81.9 Å². The molecule has 5 nitrogen and oxygen atoms in total. The van der Waals surface area contributed by atoms with Crippen molar-refractivity contribution >= 4 is 12.1 Å². The predicted octanol–water partition coefficient (Wildman–Crippen LogP) is 2.00. The number of halogens is 1. The molecule has 1 amide bonds. The van der Waals surface area contributed by atoms with Crippen molar-refractivity contribution < 1.29 is 19.4 Å². The second-order valence-corrected chi connectivity index (χ2v) is 3.95. The van der Waals surface area contributed by atoms with E-state index in [2.05, 4.69) is 10.5 Å². The number of hydrogen-bond donors (Lipinski definition) is 3. The monoisotopic (exact) mass is 274 g/mol. The molecule has 0 atom stereocenters. The minimum absolute atomic E-state index is 0.238. The van der Waals surface area contributed by atoms with Gasteiger partial charge in [0.15, 0.2) is 11.5 Å². The van der Waals surface area contributed by atoms with Crippen LogP contribution in [0.4, 0.5) is 4.39 Å². The average Bonchev–Trinajstić information content (AvgIpc) is 2.43. The molecule has 0 aromatic heterocycles. The van der Waals surface area contributed by atoms with Gasteiger partial charge in [-0.15, -0.1) is 0 Å². The minimum atomic E-state index is -0.482. The molecular formula is C14H11FN2O3. The summed E-state index contributed by atoms with van der Waals surface area (Å²) in [5, 5.41) is 22.1. The summed E-state index contributed by atoms with van der Waals surface area (Å²) < 4.78 is 12.7. The van der Waals surface area contributed by atoms with E-state index in [-0.39, 0.29) is 17.1 Å². The van der Waals surface area contributed by atoms with Crippen LogP contribution in [-0.4, -0.2) is 22.3 Å². The van der Waals surface area contributed by atoms with Crippen LogP contribution in [0, 0.1) is 5.82 Å². The first kappa shape index (κ1) is 13.5. The maximum absolute atomic E-state index is 12.7. The standard InChI is InChI=1S/C14H11FN2O3/c15-11-4-2-10(3-5-11)14(20)17-16-8-9-1-6-12(18)13(19)7-9/h1-8,18-19H,(H,17,20)/b16-8+. The van der Waals surface area contributed by atoms with Crippen LogP contribution in [0.3, 0.4) is 0 Å². The Hall–Kier alpha value is -2.89. The van der Waals surface area contributed by atoms with Gasteiger partial charge >= 0.3 is 0 Å². The maximum atomic E-state index is 12.7. The highest BCUT2D eigenvalue weighted by atomic mass is 19.1. The SMILES string of the molecule is O=C(N/N=C/c1ccc(O)c(O)c1)c1ccc(F)cc1. The lowest BCUT2D eigenvalue weighted by atomic mass is 10.2. The molecule has 102 valence electrons. The molecule has 0 saturated carbocycles. The molecule has 0 bridgehead atoms. The Morgan fingerprint density at radius 1 is 1.10 bits per heavy atom. The molecule has 0 aliphatic rings. The van der Waals surface area contributed by atoms with Gasteiger partial charge in [0.1, 0.15) is 5.82 Å². The van der Waals surface area contributed by atoms with Gasteiger partial charge in [0.25, 0.3) is 5.91 Å². The molecule has 0 unspecified atom stereocenters. The number of nitrogens with zero attached hydrogens (tertiary/aromatic N) is 1. The summed E-state index contributed by atoms with van der Waals surface area (Å²) in [6.45, 7) is 0. The summed E-state index contributed by atoms with van der Waals surface area (Å²) in [5.41, 5.74) is 3.04. The molecule has 0 fully saturated rings. The lowest BCUT2D eigenvalue weighted by Gasteiger charge is -2.00. The number of nitrogens with one attached hydrogen (secondary N) is 1. The minimum Gasteiger partial charge on any atom is -0.504 e. The first-order valence-corrected chi connectivity index (χ1v) is 5.67. The van der Waals surface area contributed by atoms with Crippen LogP contribution >= 0.6 is 0 Å². The molecule has 2 aromatic carbocycles. The van der Waals surface area contributed by atoms with Gasteiger partial charge < -0.3 is 10.2 Å². The van der Waals surface area contributed by atoms with Gasteiger partial charge in [-0.25, -0.2) is 9.82 Å². The van der Waals surface area contributed by atoms with E-state index in [0.29, 0.717) is 5.56 Å². The van der Waals surface area contributed by atoms with E-state index in [1.165, 1.54) is 48.7 Å². The molecule has 0 radical (unpaired) electrons. The first-order chi connectivity index (χ1) is 9.56. The van der Waals surface area contributed by atoms with Crippen molar-refractivity contribution in [3.8, 4) is 11.5 Å². The van der Waals surface area contributed by atoms with Crippen molar-refractivity contribution in [2.75, 3.05) is 0 Å². The second-order valence-electron chi connectivity index (χ2n) is 3.95. The molecular weight excluding hydrogens is 263 g/mol. The molecule has 20 heavy (non-hydrogen) atoms. The van der Waals surface area contributed by atoms with Gasteiger partial charge in [0, 0.05) is 5.56 Å². The quantitative estimate of drug-likeness (QED) is 0.455. The Labute approximate surface area is 114 Å². The van der Waals surface area contributed by atoms with Gasteiger partial charge in [-0.3, -0.25) is 4.79 Å². The highest BCUT2D eigenvalue weighted by Crippen LogP contribution is 2.23. The van der Waals surface area contributed by atoms with Crippen molar-refractivity contribution in [3.05, 3.63) is 59.4 Å². The van der Waals surface area contributed by atoms with Crippen LogP contribution in [0.1, 0.15) is 15.9 Å². The fourth-order valence-electron chi connectivity index (χ4n) is 1.45. The van der Waals surface area contributed by atoms with E-state index >= 15 is 0 Å². The van der Waals surface area contributed by atoms with E-state index in [9.17, 15) is 14.3 Å². The third kappa shape index (κ3) is 3.32. The van der Waals surface area contributed by atoms with Crippen LogP contribution in [-0.2, 0) is 0 Å². The van der Waals surface area contributed by atoms with Crippen molar-refractivity contribution in [2.45, 2.75) is 0 Å². The van der Waals surface area contributed by atoms with Crippen LogP contribution < -0.4 is 5.43 Å². The molecule has 2 aromatic rings. The van der Waals surface area contributed by atoms with Gasteiger partial charge in [0.05, 0.1) is 6.21 Å². The summed E-state index contributed by atoms with van der Waals surface area (Å²) in [6.07, 6.45) is 1.31. The molecule has 6 heteroatoms. The smallest absolute Gasteiger partial charge is 0.271 e. The van der Waals surface area contributed by atoms with E-state index in [1.807, 2.05) is 0 Å². The summed E-state index contributed by atoms with van der Waals surface area (Å²) >= 11 is 0. The average molecular weight is 274 g/mol. The second kappa shape index (κ2) is 5.83. The van der Waals surface area contributed by atoms with E-state index in [4.69, 9.17) is 5.11 Å². The largest absolute Gasteiger partial charge is 0.504 e. The number of hydrogen-bond acceptors (Lipinski definition) is 4. The Balaban J connectivity index is 2.00. The summed E-state index contributed by atoms with van der Waals surface area (Å²) in [5.74, 6) is -1.43. The highest BCUT2D eigenvalue weighted by molar-refractivity contribution is 5.94. The van der Waals surface area contributed by atoms with Gasteiger partial charge in [0.2, 0.25) is 0 Å². The molecule has 0 heterocycles. The van der Waals surface area contributed by atoms with Crippen LogP contribution in [0.25, 0.3) is 0 Å². The van der Waals surface area contributed by atoms with E-state index < -0.39 is 11.7 Å². The number of benzene rings is 2. The lowest BCUT2D eigenvalue weighted by molar-refractivity contribution is 0.0955. The van der Waals surface area contributed by atoms with E-state index in [1.54, 1.807) is 0 Å². The highest BCUT2D eigenvalue weighted by Gasteiger charge is 2.03. The zero-order valence-corrected chi connectivity index (χ0v) is 10.2. The number of hydrazone groups is 1. The molecule has 0 saturated heterocycles. The number of carbonyl (C=O) groups excluding carboxylic acids is 1. The number of amides is 1. The Morgan fingerprint density at radius 2 is 1.80 bits per heavy atom. The van der Waals surface area contributed by atoms with Crippen LogP contribution in [0.2, 0.25) is 0 Å². The van der Waals surface area contributed by atoms with Gasteiger partial charge in [-0.2, -0.15) is 5.10 Å². The van der Waals surface area contributed by atoms with E-state index in [0.717, 1.165) is 0 Å². The first-order valence-electron chi connectivity index (χ1n) is 5.67. The zero-order valence-electron chi connectivity index (χ0n) is 10.2. The Bertz CT molecular complexity index is 654. The fraction of sp³-hybridized carbons (Fsp3) is 0. The Kier molecular flexibility index (Phi) is 3.95. The van der Waals surface area contributed by atoms with Crippen LogP contribution in [0.5, 0.6) is 11.5 Å². The van der Waals surface area contributed by atoms with Crippen molar-refractivity contribution in [2.24, 2.45) is 5.10 Å². The summed E-state index contributed by atoms with van der Waals surface area (Å²) in [4.78, 5) is 11.6. The molecule has 0 aliphatic carbocycles. The van der Waals surface area contributed by atoms with Gasteiger partial charge in [-0.05, 0) is 48.0 Å². The number of aromatic hydroxyl groups is 2. The lowest BCUT2D eigenvalue weighted by Crippen LogP contribution is -2.17. The number of phenolic OH excluding ortho intramolecular Hbond substituents is 2. The van der Waals surface area contributed by atoms with Gasteiger partial charge in [-0.1, -0.05) is 0 Å². The predicted molar refractivity (Wildman–Crippen MR) is 71.2 cm³/mol. The third-order valence-corrected chi connectivity index (χ3v) is 2.49. The van der Waals surface area contributed by atoms with Crippen molar-refractivity contribution in [3.63, 3.8) is 0 Å².